The van der Waals surface area contributed by atoms with Gasteiger partial charge in [0.1, 0.15) is 6.04 Å². The summed E-state index contributed by atoms with van der Waals surface area (Å²) < 4.78 is 3.92. The van der Waals surface area contributed by atoms with Crippen LogP contribution in [0.15, 0.2) is 0 Å². The molecule has 5 N–H and O–H groups in total. The van der Waals surface area contributed by atoms with E-state index in [-0.39, 0.29) is 5.75 Å². The minimum absolute atomic E-state index is 0.190. The molecule has 0 saturated carbocycles. The Balaban J connectivity index is 0. The molecule has 0 amide bonds. The van der Waals surface area contributed by atoms with Crippen molar-refractivity contribution in [1.29, 1.82) is 0 Å². The van der Waals surface area contributed by atoms with Crippen LogP contribution in [0, 0.1) is 0 Å². The molecule has 0 aromatic carbocycles. The van der Waals surface area contributed by atoms with Gasteiger partial charge in [-0.15, -0.1) is 0 Å². The van der Waals surface area contributed by atoms with Crippen LogP contribution in [-0.4, -0.2) is 57.7 Å². The minimum atomic E-state index is -1.62. The van der Waals surface area contributed by atoms with Crippen molar-refractivity contribution < 1.29 is 34.4 Å². The Kier molecular flexibility index (Phi) is 10.7. The second-order valence-electron chi connectivity index (χ2n) is 2.74. The standard InChI is InChI=1S/C5H8O5.C3H7NO2S/c1-3(7)10-5(9)4(8)2-6;4-2(1-7)3(5)6/h4,6,8H,2H2,1H3;2,7H,1,4H2,(H,5,6). The predicted octanol–water partition coefficient (Wildman–Crippen LogP) is -2.24. The topological polar surface area (TPSA) is 147 Å². The van der Waals surface area contributed by atoms with E-state index in [1.54, 1.807) is 0 Å². The molecule has 0 spiro atoms. The number of hydrogen-bond donors (Lipinski definition) is 5. The number of aliphatic hydroxyl groups excluding tert-OH is 2. The number of hydrogen-bond acceptors (Lipinski definition) is 8. The monoisotopic (exact) mass is 269 g/mol. The number of aliphatic carboxylic acids is 1. The van der Waals surface area contributed by atoms with Crippen LogP contribution in [0.5, 0.6) is 0 Å². The molecule has 8 nitrogen and oxygen atoms in total. The molecule has 0 rings (SSSR count). The summed E-state index contributed by atoms with van der Waals surface area (Å²) in [7, 11) is 0. The van der Waals surface area contributed by atoms with Crippen LogP contribution in [0.25, 0.3) is 0 Å². The normalized spacial score (nSPS) is 12.8. The molecule has 0 aliphatic rings. The van der Waals surface area contributed by atoms with Crippen LogP contribution in [0.2, 0.25) is 0 Å². The van der Waals surface area contributed by atoms with Crippen LogP contribution in [0.4, 0.5) is 0 Å². The number of carboxylic acid groups (broad SMARTS) is 1. The molecule has 0 aromatic heterocycles. The van der Waals surface area contributed by atoms with Crippen LogP contribution in [-0.2, 0) is 19.1 Å². The van der Waals surface area contributed by atoms with Crippen molar-refractivity contribution in [2.75, 3.05) is 12.4 Å². The fourth-order valence-electron chi connectivity index (χ4n) is 0.362. The molecule has 0 aliphatic heterocycles. The quantitative estimate of drug-likeness (QED) is 0.218. The van der Waals surface area contributed by atoms with Crippen molar-refractivity contribution in [2.45, 2.75) is 19.1 Å². The zero-order valence-corrected chi connectivity index (χ0v) is 9.96. The lowest BCUT2D eigenvalue weighted by atomic mass is 10.4. The minimum Gasteiger partial charge on any atom is -0.480 e. The fourth-order valence-corrected chi connectivity index (χ4v) is 0.518. The molecule has 0 fully saturated rings. The van der Waals surface area contributed by atoms with Crippen molar-refractivity contribution in [2.24, 2.45) is 5.73 Å². The molecule has 0 aliphatic carbocycles. The van der Waals surface area contributed by atoms with Crippen molar-refractivity contribution in [3.63, 3.8) is 0 Å². The highest BCUT2D eigenvalue weighted by molar-refractivity contribution is 7.80. The summed E-state index contributed by atoms with van der Waals surface area (Å²) in [5, 5.41) is 24.7. The SMILES string of the molecule is CC(=O)OC(=O)C(O)CO.NC(CS)C(=O)O. The lowest BCUT2D eigenvalue weighted by Gasteiger charge is -2.02. The highest BCUT2D eigenvalue weighted by Gasteiger charge is 2.16. The molecule has 17 heavy (non-hydrogen) atoms. The van der Waals surface area contributed by atoms with Gasteiger partial charge in [-0.25, -0.2) is 4.79 Å². The Morgan fingerprint density at radius 3 is 2.06 bits per heavy atom. The van der Waals surface area contributed by atoms with E-state index in [0.717, 1.165) is 6.92 Å². The molecule has 2 unspecified atom stereocenters. The van der Waals surface area contributed by atoms with E-state index in [1.165, 1.54) is 0 Å². The van der Waals surface area contributed by atoms with E-state index in [2.05, 4.69) is 17.4 Å². The number of ether oxygens (including phenoxy) is 1. The van der Waals surface area contributed by atoms with Crippen LogP contribution < -0.4 is 5.73 Å². The summed E-state index contributed by atoms with van der Waals surface area (Å²) in [6.07, 6.45) is -1.62. The smallest absolute Gasteiger partial charge is 0.345 e. The van der Waals surface area contributed by atoms with Crippen LogP contribution >= 0.6 is 12.6 Å². The van der Waals surface area contributed by atoms with Gasteiger partial charge in [0.2, 0.25) is 0 Å². The van der Waals surface area contributed by atoms with E-state index >= 15 is 0 Å². The molecule has 0 bridgehead atoms. The van der Waals surface area contributed by atoms with E-state index < -0.39 is 36.7 Å². The van der Waals surface area contributed by atoms with Crippen molar-refractivity contribution >= 4 is 30.5 Å². The van der Waals surface area contributed by atoms with Gasteiger partial charge in [-0.1, -0.05) is 0 Å². The molecule has 100 valence electrons. The molecule has 9 heteroatoms. The zero-order valence-electron chi connectivity index (χ0n) is 9.07. The van der Waals surface area contributed by atoms with Gasteiger partial charge in [0.15, 0.2) is 6.10 Å². The number of carbonyl (C=O) groups excluding carboxylic acids is 2. The maximum absolute atomic E-state index is 10.3. The number of carbonyl (C=O) groups is 3. The third-order valence-electron chi connectivity index (χ3n) is 1.20. The molecule has 0 heterocycles. The first-order valence-corrected chi connectivity index (χ1v) is 4.99. The first-order valence-electron chi connectivity index (χ1n) is 4.36. The third kappa shape index (κ3) is 11.1. The second kappa shape index (κ2) is 10.0. The van der Waals surface area contributed by atoms with Gasteiger partial charge < -0.3 is 25.8 Å². The Morgan fingerprint density at radius 2 is 1.88 bits per heavy atom. The maximum Gasteiger partial charge on any atom is 0.345 e. The van der Waals surface area contributed by atoms with Gasteiger partial charge in [-0.3, -0.25) is 9.59 Å². The largest absolute Gasteiger partial charge is 0.480 e. The first kappa shape index (κ1) is 18.2. The van der Waals surface area contributed by atoms with Gasteiger partial charge in [-0.05, 0) is 0 Å². The van der Waals surface area contributed by atoms with Gasteiger partial charge in [0, 0.05) is 12.7 Å². The summed E-state index contributed by atoms with van der Waals surface area (Å²) in [5.41, 5.74) is 4.94. The summed E-state index contributed by atoms with van der Waals surface area (Å²) >= 11 is 3.65. The van der Waals surface area contributed by atoms with E-state index in [9.17, 15) is 14.4 Å². The van der Waals surface area contributed by atoms with Crippen LogP contribution in [0.1, 0.15) is 6.92 Å². The summed E-state index contributed by atoms with van der Waals surface area (Å²) in [6, 6.07) is -0.816. The Labute approximate surface area is 103 Å². The fraction of sp³-hybridized carbons (Fsp3) is 0.625. The molecule has 2 atom stereocenters. The summed E-state index contributed by atoms with van der Waals surface area (Å²) in [6.45, 7) is 0.286. The predicted molar refractivity (Wildman–Crippen MR) is 59.3 cm³/mol. The lowest BCUT2D eigenvalue weighted by Crippen LogP contribution is -2.31. The second-order valence-corrected chi connectivity index (χ2v) is 3.10. The lowest BCUT2D eigenvalue weighted by molar-refractivity contribution is -0.165. The van der Waals surface area contributed by atoms with Crippen molar-refractivity contribution in [1.82, 2.24) is 0 Å². The number of nitrogens with two attached hydrogens (primary N) is 1. The first-order chi connectivity index (χ1) is 7.76. The maximum atomic E-state index is 10.3. The number of rotatable bonds is 4. The molecular weight excluding hydrogens is 254 g/mol. The van der Waals surface area contributed by atoms with Gasteiger partial charge >= 0.3 is 17.9 Å². The molecule has 0 saturated heterocycles. The third-order valence-corrected chi connectivity index (χ3v) is 1.60. The summed E-state index contributed by atoms with van der Waals surface area (Å²) in [5.74, 6) is -2.75. The number of carboxylic acids is 1. The average molecular weight is 269 g/mol. The zero-order chi connectivity index (χ0) is 14.0. The van der Waals surface area contributed by atoms with E-state index in [4.69, 9.17) is 21.1 Å². The van der Waals surface area contributed by atoms with Gasteiger partial charge in [-0.2, -0.15) is 12.6 Å². The molecular formula is C8H15NO7S. The van der Waals surface area contributed by atoms with Gasteiger partial charge in [0.05, 0.1) is 6.61 Å². The highest BCUT2D eigenvalue weighted by Crippen LogP contribution is 1.86. The number of esters is 2. The Morgan fingerprint density at radius 1 is 1.41 bits per heavy atom. The van der Waals surface area contributed by atoms with Gasteiger partial charge in [0.25, 0.3) is 0 Å². The Hall–Kier alpha value is -1.16. The van der Waals surface area contributed by atoms with E-state index in [1.807, 2.05) is 0 Å². The Bertz CT molecular complexity index is 271. The average Bonchev–Trinajstić information content (AvgIpc) is 2.26. The van der Waals surface area contributed by atoms with E-state index in [0.29, 0.717) is 0 Å². The van der Waals surface area contributed by atoms with Crippen LogP contribution in [0.3, 0.4) is 0 Å². The van der Waals surface area contributed by atoms with Crippen molar-refractivity contribution in [3.8, 4) is 0 Å². The highest BCUT2D eigenvalue weighted by atomic mass is 32.1. The molecule has 0 radical (unpaired) electrons. The van der Waals surface area contributed by atoms with Crippen molar-refractivity contribution in [3.05, 3.63) is 0 Å². The summed E-state index contributed by atoms with van der Waals surface area (Å²) in [4.78, 5) is 30.1. The number of aliphatic hydroxyl groups is 2. The molecule has 0 aromatic rings. The number of thiol groups is 1.